The normalized spacial score (nSPS) is 10.7. The lowest BCUT2D eigenvalue weighted by Crippen LogP contribution is -2.18. The topological polar surface area (TPSA) is 43.3 Å². The molecule has 5 heteroatoms. The summed E-state index contributed by atoms with van der Waals surface area (Å²) in [6, 6.07) is 13.9. The molecule has 118 valence electrons. The molecule has 0 spiro atoms. The van der Waals surface area contributed by atoms with Crippen molar-refractivity contribution < 1.29 is 13.9 Å². The first kappa shape index (κ1) is 15.1. The zero-order chi connectivity index (χ0) is 16.2. The lowest BCUT2D eigenvalue weighted by atomic mass is 10.2. The molecule has 0 aliphatic rings. The molecule has 2 aromatic carbocycles. The summed E-state index contributed by atoms with van der Waals surface area (Å²) in [5.41, 5.74) is 1.46. The van der Waals surface area contributed by atoms with Gasteiger partial charge < -0.3 is 14.6 Å². The van der Waals surface area contributed by atoms with Crippen molar-refractivity contribution >= 4 is 22.5 Å². The largest absolute Gasteiger partial charge is 0.492 e. The van der Waals surface area contributed by atoms with Crippen molar-refractivity contribution in [1.82, 2.24) is 4.57 Å². The molecule has 0 aliphatic heterocycles. The van der Waals surface area contributed by atoms with E-state index in [1.807, 2.05) is 48.0 Å². The fraction of sp³-hybridized carbons (Fsp3) is 0.167. The van der Waals surface area contributed by atoms with E-state index in [2.05, 4.69) is 5.32 Å². The number of benzene rings is 2. The van der Waals surface area contributed by atoms with E-state index in [0.29, 0.717) is 18.0 Å². The molecule has 3 rings (SSSR count). The first-order chi connectivity index (χ1) is 11.2. The Labute approximate surface area is 133 Å². The van der Waals surface area contributed by atoms with E-state index in [-0.39, 0.29) is 12.5 Å². The van der Waals surface area contributed by atoms with E-state index >= 15 is 0 Å². The van der Waals surface area contributed by atoms with Crippen LogP contribution in [0.25, 0.3) is 10.9 Å². The van der Waals surface area contributed by atoms with Crippen molar-refractivity contribution in [3.63, 3.8) is 0 Å². The molecule has 1 aromatic heterocycles. The number of amides is 1. The number of hydrogen-bond acceptors (Lipinski definition) is 2. The van der Waals surface area contributed by atoms with E-state index in [9.17, 15) is 9.18 Å². The lowest BCUT2D eigenvalue weighted by Gasteiger charge is -2.12. The van der Waals surface area contributed by atoms with Crippen LogP contribution in [0.1, 0.15) is 6.92 Å². The summed E-state index contributed by atoms with van der Waals surface area (Å²) in [4.78, 5) is 12.3. The van der Waals surface area contributed by atoms with Crippen LogP contribution in [0, 0.1) is 5.82 Å². The Morgan fingerprint density at radius 2 is 2.04 bits per heavy atom. The highest BCUT2D eigenvalue weighted by Crippen LogP contribution is 2.25. The van der Waals surface area contributed by atoms with E-state index in [1.165, 1.54) is 18.2 Å². The number of anilines is 1. The molecule has 1 heterocycles. The van der Waals surface area contributed by atoms with Crippen LogP contribution in [-0.2, 0) is 11.3 Å². The Morgan fingerprint density at radius 3 is 2.87 bits per heavy atom. The third-order valence-corrected chi connectivity index (χ3v) is 3.51. The number of carbonyl (C=O) groups is 1. The van der Waals surface area contributed by atoms with Gasteiger partial charge in [-0.3, -0.25) is 4.79 Å². The average molecular weight is 312 g/mol. The molecule has 1 amide bonds. The number of rotatable bonds is 5. The minimum Gasteiger partial charge on any atom is -0.492 e. The second-order valence-corrected chi connectivity index (χ2v) is 5.12. The van der Waals surface area contributed by atoms with Crippen LogP contribution in [0.15, 0.2) is 54.7 Å². The molecular weight excluding hydrogens is 295 g/mol. The predicted octanol–water partition coefficient (Wildman–Crippen LogP) is 3.82. The highest BCUT2D eigenvalue weighted by molar-refractivity contribution is 5.93. The van der Waals surface area contributed by atoms with Gasteiger partial charge in [-0.05, 0) is 36.6 Å². The number of ether oxygens (including phenoxy) is 1. The number of halogens is 1. The number of carbonyl (C=O) groups excluding carboxylic acids is 1. The summed E-state index contributed by atoms with van der Waals surface area (Å²) in [6.45, 7) is 2.38. The predicted molar refractivity (Wildman–Crippen MR) is 88.1 cm³/mol. The van der Waals surface area contributed by atoms with Crippen LogP contribution in [-0.4, -0.2) is 17.1 Å². The highest BCUT2D eigenvalue weighted by Gasteiger charge is 2.10. The van der Waals surface area contributed by atoms with Crippen LogP contribution in [0.4, 0.5) is 10.1 Å². The number of hydrogen-bond donors (Lipinski definition) is 1. The van der Waals surface area contributed by atoms with Crippen molar-refractivity contribution in [2.75, 3.05) is 11.9 Å². The first-order valence-electron chi connectivity index (χ1n) is 7.43. The molecule has 1 N–H and O–H groups in total. The van der Waals surface area contributed by atoms with E-state index in [4.69, 9.17) is 4.74 Å². The monoisotopic (exact) mass is 312 g/mol. The molecule has 23 heavy (non-hydrogen) atoms. The minimum absolute atomic E-state index is 0.177. The summed E-state index contributed by atoms with van der Waals surface area (Å²) in [6.07, 6.45) is 1.87. The van der Waals surface area contributed by atoms with Gasteiger partial charge in [0.05, 0.1) is 12.3 Å². The molecule has 3 aromatic rings. The molecule has 0 radical (unpaired) electrons. The van der Waals surface area contributed by atoms with Gasteiger partial charge in [0, 0.05) is 17.8 Å². The second-order valence-electron chi connectivity index (χ2n) is 5.12. The molecule has 0 atom stereocenters. The smallest absolute Gasteiger partial charge is 0.244 e. The van der Waals surface area contributed by atoms with E-state index in [1.54, 1.807) is 0 Å². The maximum atomic E-state index is 13.3. The molecule has 0 unspecified atom stereocenters. The fourth-order valence-electron chi connectivity index (χ4n) is 2.50. The average Bonchev–Trinajstić information content (AvgIpc) is 2.93. The van der Waals surface area contributed by atoms with Gasteiger partial charge in [-0.15, -0.1) is 0 Å². The molecule has 0 fully saturated rings. The Bertz CT molecular complexity index is 842. The minimum atomic E-state index is -0.400. The van der Waals surface area contributed by atoms with Crippen LogP contribution >= 0.6 is 0 Å². The van der Waals surface area contributed by atoms with Gasteiger partial charge in [0.2, 0.25) is 5.91 Å². The van der Waals surface area contributed by atoms with Gasteiger partial charge in [-0.1, -0.05) is 18.2 Å². The number of para-hydroxylation sites is 1. The van der Waals surface area contributed by atoms with Gasteiger partial charge in [-0.2, -0.15) is 0 Å². The van der Waals surface area contributed by atoms with Gasteiger partial charge in [0.15, 0.2) is 0 Å². The van der Waals surface area contributed by atoms with Crippen LogP contribution in [0.2, 0.25) is 0 Å². The maximum absolute atomic E-state index is 13.3. The van der Waals surface area contributed by atoms with Crippen LogP contribution < -0.4 is 10.1 Å². The molecule has 0 bridgehead atoms. The van der Waals surface area contributed by atoms with Gasteiger partial charge in [0.1, 0.15) is 18.1 Å². The van der Waals surface area contributed by atoms with Gasteiger partial charge in [0.25, 0.3) is 0 Å². The van der Waals surface area contributed by atoms with Crippen molar-refractivity contribution in [2.45, 2.75) is 13.5 Å². The summed E-state index contributed by atoms with van der Waals surface area (Å²) < 4.78 is 20.5. The summed E-state index contributed by atoms with van der Waals surface area (Å²) in [5.74, 6) is -0.264. The van der Waals surface area contributed by atoms with Gasteiger partial charge in [-0.25, -0.2) is 4.39 Å². The molecular formula is C18H17FN2O2. The zero-order valence-corrected chi connectivity index (χ0v) is 12.8. The molecule has 0 saturated carbocycles. The standard InChI is InChI=1S/C18H17FN2O2/c1-2-23-17-11-14(19)7-8-15(17)20-18(22)12-21-10-9-13-5-3-4-6-16(13)21/h3-11H,2,12H2,1H3,(H,20,22). The van der Waals surface area contributed by atoms with Crippen molar-refractivity contribution in [3.8, 4) is 5.75 Å². The van der Waals surface area contributed by atoms with E-state index in [0.717, 1.165) is 10.9 Å². The SMILES string of the molecule is CCOc1cc(F)ccc1NC(=O)Cn1ccc2ccccc21. The third-order valence-electron chi connectivity index (χ3n) is 3.51. The highest BCUT2D eigenvalue weighted by atomic mass is 19.1. The van der Waals surface area contributed by atoms with Crippen molar-refractivity contribution in [3.05, 3.63) is 60.5 Å². The number of nitrogens with zero attached hydrogens (tertiary/aromatic N) is 1. The zero-order valence-electron chi connectivity index (χ0n) is 12.8. The molecule has 0 saturated heterocycles. The quantitative estimate of drug-likeness (QED) is 0.778. The number of aromatic nitrogens is 1. The van der Waals surface area contributed by atoms with Crippen molar-refractivity contribution in [1.29, 1.82) is 0 Å². The molecule has 0 aliphatic carbocycles. The van der Waals surface area contributed by atoms with Crippen LogP contribution in [0.5, 0.6) is 5.75 Å². The summed E-state index contributed by atoms with van der Waals surface area (Å²) in [7, 11) is 0. The number of fused-ring (bicyclic) bond motifs is 1. The van der Waals surface area contributed by atoms with Crippen LogP contribution in [0.3, 0.4) is 0 Å². The van der Waals surface area contributed by atoms with Gasteiger partial charge >= 0.3 is 0 Å². The summed E-state index contributed by atoms with van der Waals surface area (Å²) in [5, 5.41) is 3.85. The number of nitrogens with one attached hydrogen (secondary N) is 1. The second kappa shape index (κ2) is 6.52. The van der Waals surface area contributed by atoms with Crippen molar-refractivity contribution in [2.24, 2.45) is 0 Å². The lowest BCUT2D eigenvalue weighted by molar-refractivity contribution is -0.116. The maximum Gasteiger partial charge on any atom is 0.244 e. The Hall–Kier alpha value is -2.82. The third kappa shape index (κ3) is 3.34. The molecule has 4 nitrogen and oxygen atoms in total. The Balaban J connectivity index is 1.77. The fourth-order valence-corrected chi connectivity index (χ4v) is 2.50. The summed E-state index contributed by atoms with van der Waals surface area (Å²) >= 11 is 0. The first-order valence-corrected chi connectivity index (χ1v) is 7.43. The Morgan fingerprint density at radius 1 is 1.22 bits per heavy atom. The van der Waals surface area contributed by atoms with E-state index < -0.39 is 5.82 Å². The Kier molecular flexibility index (Phi) is 4.28.